The van der Waals surface area contributed by atoms with Crippen LogP contribution in [0.4, 0.5) is 0 Å². The van der Waals surface area contributed by atoms with Crippen LogP contribution < -0.4 is 10.6 Å². The minimum atomic E-state index is -0.819. The van der Waals surface area contributed by atoms with Crippen LogP contribution in [-0.4, -0.2) is 40.9 Å². The first-order valence-corrected chi connectivity index (χ1v) is 8.08. The van der Waals surface area contributed by atoms with Crippen LogP contribution in [0.25, 0.3) is 0 Å². The summed E-state index contributed by atoms with van der Waals surface area (Å²) < 4.78 is 0. The summed E-state index contributed by atoms with van der Waals surface area (Å²) in [6.45, 7) is -0.106. The number of aliphatic carboxylic acids is 1. The van der Waals surface area contributed by atoms with E-state index < -0.39 is 12.0 Å². The number of rotatable bonds is 6. The Bertz CT molecular complexity index is 496. The van der Waals surface area contributed by atoms with Crippen molar-refractivity contribution in [2.24, 2.45) is 5.92 Å². The smallest absolute Gasteiger partial charge is 0.321 e. The highest BCUT2D eigenvalue weighted by atomic mass is 16.4. The number of benzene rings is 1. The number of aliphatic hydroxyl groups is 1. The lowest BCUT2D eigenvalue weighted by Crippen LogP contribution is -2.51. The normalized spacial score (nSPS) is 30.0. The minimum Gasteiger partial charge on any atom is -0.480 e. The fourth-order valence-electron chi connectivity index (χ4n) is 3.94. The summed E-state index contributed by atoms with van der Waals surface area (Å²) in [4.78, 5) is 11.8. The molecule has 2 unspecified atom stereocenters. The first kappa shape index (κ1) is 15.5. The molecule has 0 radical (unpaired) electrons. The molecule has 120 valence electrons. The van der Waals surface area contributed by atoms with E-state index in [9.17, 15) is 15.0 Å². The van der Waals surface area contributed by atoms with Crippen LogP contribution in [-0.2, 0) is 4.79 Å². The average Bonchev–Trinajstić information content (AvgIpc) is 2.87. The summed E-state index contributed by atoms with van der Waals surface area (Å²) in [6, 6.07) is 9.51. The topological polar surface area (TPSA) is 81.6 Å². The molecule has 2 fully saturated rings. The van der Waals surface area contributed by atoms with Crippen molar-refractivity contribution < 1.29 is 15.0 Å². The molecular formula is C17H24N2O3. The van der Waals surface area contributed by atoms with Crippen LogP contribution in [0.15, 0.2) is 30.3 Å². The van der Waals surface area contributed by atoms with Gasteiger partial charge in [-0.15, -0.1) is 0 Å². The predicted octanol–water partition coefficient (Wildman–Crippen LogP) is 1.29. The molecule has 2 bridgehead atoms. The number of carbonyl (C=O) groups is 1. The lowest BCUT2D eigenvalue weighted by Gasteiger charge is -2.35. The van der Waals surface area contributed by atoms with Crippen LogP contribution in [0.2, 0.25) is 0 Å². The Kier molecular flexibility index (Phi) is 4.76. The fourth-order valence-corrected chi connectivity index (χ4v) is 3.94. The highest BCUT2D eigenvalue weighted by Crippen LogP contribution is 2.33. The summed E-state index contributed by atoms with van der Waals surface area (Å²) in [7, 11) is 0. The lowest BCUT2D eigenvalue weighted by atomic mass is 9.85. The quantitative estimate of drug-likeness (QED) is 0.637. The molecular weight excluding hydrogens is 280 g/mol. The van der Waals surface area contributed by atoms with E-state index in [1.54, 1.807) is 0 Å². The van der Waals surface area contributed by atoms with E-state index in [1.807, 2.05) is 30.3 Å². The van der Waals surface area contributed by atoms with Crippen molar-refractivity contribution in [3.8, 4) is 0 Å². The second-order valence-corrected chi connectivity index (χ2v) is 6.50. The minimum absolute atomic E-state index is 0.106. The maximum atomic E-state index is 11.8. The van der Waals surface area contributed by atoms with Gasteiger partial charge in [-0.05, 0) is 37.2 Å². The molecule has 0 aliphatic carbocycles. The Balaban J connectivity index is 1.72. The molecule has 4 atom stereocenters. The second-order valence-electron chi connectivity index (χ2n) is 6.50. The Hall–Kier alpha value is -1.43. The van der Waals surface area contributed by atoms with Gasteiger partial charge in [0, 0.05) is 12.1 Å². The molecule has 4 N–H and O–H groups in total. The molecule has 2 saturated heterocycles. The van der Waals surface area contributed by atoms with Crippen molar-refractivity contribution in [1.29, 1.82) is 0 Å². The van der Waals surface area contributed by atoms with E-state index >= 15 is 0 Å². The van der Waals surface area contributed by atoms with Gasteiger partial charge < -0.3 is 15.5 Å². The molecule has 0 amide bonds. The van der Waals surface area contributed by atoms with Crippen LogP contribution in [0.3, 0.4) is 0 Å². The number of hydrogen-bond acceptors (Lipinski definition) is 4. The highest BCUT2D eigenvalue weighted by molar-refractivity contribution is 5.74. The van der Waals surface area contributed by atoms with Crippen LogP contribution in [0.5, 0.6) is 0 Å². The van der Waals surface area contributed by atoms with Gasteiger partial charge in [0.2, 0.25) is 0 Å². The standard InChI is InChI=1S/C17H24N2O3/c20-10-15(11-4-2-1-3-5-11)19-16(17(21)22)12-8-13-6-7-14(9-12)18-13/h1-5,12-16,18-20H,6-10H2,(H,21,22)/t12?,13?,14?,15-,16-/m0/s1. The summed E-state index contributed by atoms with van der Waals surface area (Å²) in [5.41, 5.74) is 0.924. The number of carboxylic acids is 1. The van der Waals surface area contributed by atoms with Gasteiger partial charge in [-0.2, -0.15) is 0 Å². The van der Waals surface area contributed by atoms with Gasteiger partial charge in [0.05, 0.1) is 12.6 Å². The first-order chi connectivity index (χ1) is 10.7. The molecule has 5 nitrogen and oxygen atoms in total. The van der Waals surface area contributed by atoms with Gasteiger partial charge in [0.15, 0.2) is 0 Å². The first-order valence-electron chi connectivity index (χ1n) is 8.08. The van der Waals surface area contributed by atoms with Gasteiger partial charge in [0.1, 0.15) is 6.04 Å². The average molecular weight is 304 g/mol. The largest absolute Gasteiger partial charge is 0.480 e. The molecule has 3 rings (SSSR count). The van der Waals surface area contributed by atoms with Crippen LogP contribution in [0.1, 0.15) is 37.3 Å². The van der Waals surface area contributed by atoms with E-state index in [0.29, 0.717) is 12.1 Å². The maximum Gasteiger partial charge on any atom is 0.321 e. The monoisotopic (exact) mass is 304 g/mol. The molecule has 2 aliphatic rings. The Morgan fingerprint density at radius 3 is 2.41 bits per heavy atom. The van der Waals surface area contributed by atoms with E-state index in [2.05, 4.69) is 10.6 Å². The predicted molar refractivity (Wildman–Crippen MR) is 83.5 cm³/mol. The van der Waals surface area contributed by atoms with Crippen molar-refractivity contribution in [2.45, 2.75) is 49.9 Å². The van der Waals surface area contributed by atoms with Crippen molar-refractivity contribution in [3.05, 3.63) is 35.9 Å². The number of carboxylic acid groups (broad SMARTS) is 1. The molecule has 1 aromatic rings. The van der Waals surface area contributed by atoms with E-state index in [4.69, 9.17) is 0 Å². The Labute approximate surface area is 130 Å². The third kappa shape index (κ3) is 3.32. The molecule has 0 spiro atoms. The Morgan fingerprint density at radius 1 is 1.23 bits per heavy atom. The zero-order valence-corrected chi connectivity index (χ0v) is 12.6. The zero-order valence-electron chi connectivity index (χ0n) is 12.6. The summed E-state index contributed by atoms with van der Waals surface area (Å²) in [5.74, 6) is -0.699. The third-order valence-electron chi connectivity index (χ3n) is 5.01. The van der Waals surface area contributed by atoms with Crippen LogP contribution >= 0.6 is 0 Å². The zero-order chi connectivity index (χ0) is 15.5. The number of fused-ring (bicyclic) bond motifs is 2. The molecule has 2 heterocycles. The van der Waals surface area contributed by atoms with Gasteiger partial charge in [0.25, 0.3) is 0 Å². The Morgan fingerprint density at radius 2 is 1.86 bits per heavy atom. The molecule has 2 aliphatic heterocycles. The van der Waals surface area contributed by atoms with E-state index in [1.165, 1.54) is 0 Å². The van der Waals surface area contributed by atoms with E-state index in [-0.39, 0.29) is 18.6 Å². The summed E-state index contributed by atoms with van der Waals surface area (Å²) in [6.07, 6.45) is 4.09. The maximum absolute atomic E-state index is 11.8. The molecule has 0 aromatic heterocycles. The van der Waals surface area contributed by atoms with Gasteiger partial charge >= 0.3 is 5.97 Å². The molecule has 1 aromatic carbocycles. The third-order valence-corrected chi connectivity index (χ3v) is 5.01. The van der Waals surface area contributed by atoms with Gasteiger partial charge in [-0.3, -0.25) is 10.1 Å². The highest BCUT2D eigenvalue weighted by Gasteiger charge is 2.40. The summed E-state index contributed by atoms with van der Waals surface area (Å²) >= 11 is 0. The van der Waals surface area contributed by atoms with E-state index in [0.717, 1.165) is 31.2 Å². The van der Waals surface area contributed by atoms with Crippen molar-refractivity contribution in [3.63, 3.8) is 0 Å². The van der Waals surface area contributed by atoms with Crippen molar-refractivity contribution in [1.82, 2.24) is 10.6 Å². The van der Waals surface area contributed by atoms with Crippen LogP contribution in [0, 0.1) is 5.92 Å². The van der Waals surface area contributed by atoms with Crippen molar-refractivity contribution in [2.75, 3.05) is 6.61 Å². The number of nitrogens with one attached hydrogen (secondary N) is 2. The second kappa shape index (κ2) is 6.77. The fraction of sp³-hybridized carbons (Fsp3) is 0.588. The van der Waals surface area contributed by atoms with Crippen molar-refractivity contribution >= 4 is 5.97 Å². The molecule has 22 heavy (non-hydrogen) atoms. The summed E-state index contributed by atoms with van der Waals surface area (Å²) in [5, 5.41) is 26.0. The number of piperidine rings is 1. The van der Waals surface area contributed by atoms with Gasteiger partial charge in [-0.1, -0.05) is 30.3 Å². The number of aliphatic hydroxyl groups excluding tert-OH is 1. The van der Waals surface area contributed by atoms with Gasteiger partial charge in [-0.25, -0.2) is 0 Å². The molecule has 5 heteroatoms. The lowest BCUT2D eigenvalue weighted by molar-refractivity contribution is -0.141. The molecule has 0 saturated carbocycles. The number of hydrogen-bond donors (Lipinski definition) is 4. The SMILES string of the molecule is O=C(O)[C@@H](N[C@@H](CO)c1ccccc1)C1CC2CCC(C1)N2.